The van der Waals surface area contributed by atoms with Crippen LogP contribution in [0.3, 0.4) is 0 Å². The molecular weight excluding hydrogens is 404 g/mol. The molecule has 0 spiro atoms. The molecule has 2 N–H and O–H groups in total. The van der Waals surface area contributed by atoms with Gasteiger partial charge in [0.1, 0.15) is 11.9 Å². The summed E-state index contributed by atoms with van der Waals surface area (Å²) in [6.07, 6.45) is 1.95. The summed E-state index contributed by atoms with van der Waals surface area (Å²) in [7, 11) is 0. The molecule has 1 unspecified atom stereocenters. The van der Waals surface area contributed by atoms with Crippen LogP contribution >= 0.6 is 11.3 Å². The molecule has 4 rings (SSSR count). The van der Waals surface area contributed by atoms with E-state index in [0.29, 0.717) is 41.1 Å². The molecule has 0 amide bonds. The molecule has 1 aliphatic heterocycles. The Kier molecular flexibility index (Phi) is 5.21. The fraction of sp³-hybridized carbons (Fsp3) is 0.320. The van der Waals surface area contributed by atoms with Gasteiger partial charge in [-0.3, -0.25) is 9.69 Å². The number of nitrogens with two attached hydrogens (primary N) is 1. The van der Waals surface area contributed by atoms with Crippen LogP contribution in [0.1, 0.15) is 54.8 Å². The first kappa shape index (κ1) is 20.9. The number of aryl methyl sites for hydroxylation is 1. The summed E-state index contributed by atoms with van der Waals surface area (Å²) in [4.78, 5) is 17.4. The van der Waals surface area contributed by atoms with Gasteiger partial charge >= 0.3 is 0 Å². The van der Waals surface area contributed by atoms with Crippen LogP contribution in [0.4, 0.5) is 5.69 Å². The lowest BCUT2D eigenvalue weighted by Crippen LogP contribution is -2.42. The molecule has 0 saturated carbocycles. The van der Waals surface area contributed by atoms with Gasteiger partial charge in [0.15, 0.2) is 5.78 Å². The maximum atomic E-state index is 13.5. The fourth-order valence-corrected chi connectivity index (χ4v) is 5.64. The van der Waals surface area contributed by atoms with Gasteiger partial charge in [0.05, 0.1) is 28.8 Å². The van der Waals surface area contributed by atoms with Gasteiger partial charge in [-0.1, -0.05) is 32.9 Å². The number of nitriles is 2. The first-order valence-corrected chi connectivity index (χ1v) is 11.2. The third-order valence-electron chi connectivity index (χ3n) is 5.96. The highest BCUT2D eigenvalue weighted by molar-refractivity contribution is 7.12. The molecule has 1 aromatic heterocycles. The summed E-state index contributed by atoms with van der Waals surface area (Å²) < 4.78 is 0. The van der Waals surface area contributed by atoms with Crippen molar-refractivity contribution in [3.63, 3.8) is 0 Å². The molecule has 5 nitrogen and oxygen atoms in total. The Morgan fingerprint density at radius 1 is 1.16 bits per heavy atom. The van der Waals surface area contributed by atoms with E-state index in [2.05, 4.69) is 39.0 Å². The van der Waals surface area contributed by atoms with Gasteiger partial charge in [0.25, 0.3) is 0 Å². The Hall–Kier alpha value is -3.35. The van der Waals surface area contributed by atoms with Crippen molar-refractivity contribution in [3.8, 4) is 12.1 Å². The Balaban J connectivity index is 2.02. The summed E-state index contributed by atoms with van der Waals surface area (Å²) in [5, 5.41) is 19.8. The van der Waals surface area contributed by atoms with Crippen molar-refractivity contribution in [3.05, 3.63) is 74.4 Å². The van der Waals surface area contributed by atoms with E-state index in [1.807, 2.05) is 18.2 Å². The lowest BCUT2D eigenvalue weighted by atomic mass is 9.69. The van der Waals surface area contributed by atoms with Crippen LogP contribution in [-0.2, 0) is 11.2 Å². The SMILES string of the molecule is CCc1ccc(C2C(C#N)=C(N)N(c3ccccc3C#N)C3=C2C(=O)CC(C)(C)C3)s1. The number of para-hydroxylation sites is 1. The second kappa shape index (κ2) is 7.72. The lowest BCUT2D eigenvalue weighted by molar-refractivity contribution is -0.118. The minimum atomic E-state index is -0.459. The maximum absolute atomic E-state index is 13.5. The van der Waals surface area contributed by atoms with Crippen LogP contribution in [0.2, 0.25) is 0 Å². The zero-order valence-corrected chi connectivity index (χ0v) is 18.7. The molecule has 156 valence electrons. The van der Waals surface area contributed by atoms with Crippen LogP contribution in [0.5, 0.6) is 0 Å². The zero-order valence-electron chi connectivity index (χ0n) is 17.9. The Bertz CT molecular complexity index is 1220. The quantitative estimate of drug-likeness (QED) is 0.732. The average Bonchev–Trinajstić information content (AvgIpc) is 3.21. The van der Waals surface area contributed by atoms with E-state index in [4.69, 9.17) is 5.73 Å². The Labute approximate surface area is 186 Å². The number of anilines is 1. The van der Waals surface area contributed by atoms with Crippen molar-refractivity contribution in [2.45, 2.75) is 46.0 Å². The van der Waals surface area contributed by atoms with E-state index in [1.54, 1.807) is 28.4 Å². The van der Waals surface area contributed by atoms with Gasteiger partial charge in [-0.05, 0) is 42.5 Å². The van der Waals surface area contributed by atoms with Gasteiger partial charge in [-0.25, -0.2) is 0 Å². The molecule has 0 radical (unpaired) electrons. The lowest BCUT2D eigenvalue weighted by Gasteiger charge is -2.43. The Morgan fingerprint density at radius 2 is 1.90 bits per heavy atom. The molecule has 6 heteroatoms. The normalized spacial score (nSPS) is 20.4. The van der Waals surface area contributed by atoms with E-state index in [0.717, 1.165) is 17.0 Å². The number of carbonyl (C=O) groups excluding carboxylic acids is 1. The highest BCUT2D eigenvalue weighted by Gasteiger charge is 2.45. The van der Waals surface area contributed by atoms with E-state index in [9.17, 15) is 15.3 Å². The van der Waals surface area contributed by atoms with Crippen LogP contribution < -0.4 is 10.6 Å². The van der Waals surface area contributed by atoms with Gasteiger partial charge in [0.2, 0.25) is 0 Å². The summed E-state index contributed by atoms with van der Waals surface area (Å²) in [5.41, 5.74) is 9.25. The standard InChI is InChI=1S/C25H24N4OS/c1-4-16-9-10-21(31-16)22-17(14-27)24(28)29(18-8-6-5-7-15(18)13-26)19-11-25(2,3)12-20(30)23(19)22/h5-10,22H,4,11-12,28H2,1-3H3. The number of thiophene rings is 1. The van der Waals surface area contributed by atoms with Crippen molar-refractivity contribution >= 4 is 22.8 Å². The number of nitrogens with zero attached hydrogens (tertiary/aromatic N) is 3. The summed E-state index contributed by atoms with van der Waals surface area (Å²) in [6.45, 7) is 6.22. The molecule has 1 aliphatic carbocycles. The molecule has 31 heavy (non-hydrogen) atoms. The third-order valence-corrected chi connectivity index (χ3v) is 7.26. The smallest absolute Gasteiger partial charge is 0.162 e. The van der Waals surface area contributed by atoms with Crippen molar-refractivity contribution in [1.82, 2.24) is 0 Å². The third kappa shape index (κ3) is 3.44. The molecule has 2 heterocycles. The maximum Gasteiger partial charge on any atom is 0.162 e. The summed E-state index contributed by atoms with van der Waals surface area (Å²) >= 11 is 1.62. The van der Waals surface area contributed by atoms with Gasteiger partial charge in [0, 0.05) is 27.4 Å². The van der Waals surface area contributed by atoms with Crippen LogP contribution in [0.25, 0.3) is 0 Å². The highest BCUT2D eigenvalue weighted by Crippen LogP contribution is 2.51. The van der Waals surface area contributed by atoms with E-state index >= 15 is 0 Å². The summed E-state index contributed by atoms with van der Waals surface area (Å²) in [6, 6.07) is 15.8. The van der Waals surface area contributed by atoms with Gasteiger partial charge in [-0.2, -0.15) is 10.5 Å². The van der Waals surface area contributed by atoms with Crippen molar-refractivity contribution in [2.24, 2.45) is 11.1 Å². The van der Waals surface area contributed by atoms with Crippen LogP contribution in [0, 0.1) is 28.1 Å². The molecule has 0 bridgehead atoms. The fourth-order valence-electron chi connectivity index (χ4n) is 4.57. The van der Waals surface area contributed by atoms with E-state index < -0.39 is 5.92 Å². The molecular formula is C25H24N4OS. The monoisotopic (exact) mass is 428 g/mol. The Morgan fingerprint density at radius 3 is 2.55 bits per heavy atom. The van der Waals surface area contributed by atoms with Gasteiger partial charge < -0.3 is 5.73 Å². The topological polar surface area (TPSA) is 93.9 Å². The first-order chi connectivity index (χ1) is 14.8. The summed E-state index contributed by atoms with van der Waals surface area (Å²) in [5.74, 6) is -0.118. The number of hydrogen-bond donors (Lipinski definition) is 1. The second-order valence-corrected chi connectivity index (χ2v) is 9.97. The first-order valence-electron chi connectivity index (χ1n) is 10.3. The molecule has 2 aromatic rings. The number of rotatable bonds is 3. The second-order valence-electron chi connectivity index (χ2n) is 8.77. The number of carbonyl (C=O) groups is 1. The predicted octanol–water partition coefficient (Wildman–Crippen LogP) is 5.12. The average molecular weight is 429 g/mol. The number of benzene rings is 1. The highest BCUT2D eigenvalue weighted by atomic mass is 32.1. The van der Waals surface area contributed by atoms with Crippen LogP contribution in [0.15, 0.2) is 59.1 Å². The molecule has 1 aromatic carbocycles. The number of hydrogen-bond acceptors (Lipinski definition) is 6. The zero-order chi connectivity index (χ0) is 22.3. The predicted molar refractivity (Wildman–Crippen MR) is 122 cm³/mol. The largest absolute Gasteiger partial charge is 0.384 e. The number of Topliss-reactive ketones (excluding diaryl/α,β-unsaturated/α-hetero) is 1. The molecule has 0 fully saturated rings. The molecule has 1 atom stereocenters. The number of ketones is 1. The molecule has 2 aliphatic rings. The van der Waals surface area contributed by atoms with Crippen molar-refractivity contribution < 1.29 is 4.79 Å². The minimum Gasteiger partial charge on any atom is -0.384 e. The van der Waals surface area contributed by atoms with Crippen molar-refractivity contribution in [2.75, 3.05) is 4.90 Å². The van der Waals surface area contributed by atoms with E-state index in [1.165, 1.54) is 4.88 Å². The number of allylic oxidation sites excluding steroid dienone is 3. The van der Waals surface area contributed by atoms with E-state index in [-0.39, 0.29) is 11.2 Å². The van der Waals surface area contributed by atoms with Crippen LogP contribution in [-0.4, -0.2) is 5.78 Å². The van der Waals surface area contributed by atoms with Crippen molar-refractivity contribution in [1.29, 1.82) is 10.5 Å². The minimum absolute atomic E-state index is 0.0439. The van der Waals surface area contributed by atoms with Gasteiger partial charge in [-0.15, -0.1) is 11.3 Å². The molecule has 0 saturated heterocycles.